The summed E-state index contributed by atoms with van der Waals surface area (Å²) in [6, 6.07) is 10.3. The van der Waals surface area contributed by atoms with Gasteiger partial charge in [0.15, 0.2) is 5.82 Å². The van der Waals surface area contributed by atoms with Gasteiger partial charge in [0.05, 0.1) is 21.4 Å². The fourth-order valence-electron chi connectivity index (χ4n) is 3.25. The normalized spacial score (nSPS) is 11.2. The molecule has 0 saturated carbocycles. The van der Waals surface area contributed by atoms with Crippen LogP contribution < -0.4 is 10.3 Å². The average molecular weight is 379 g/mol. The maximum absolute atomic E-state index is 12.6. The van der Waals surface area contributed by atoms with Crippen molar-refractivity contribution in [3.05, 3.63) is 73.8 Å². The molecule has 0 spiro atoms. The monoisotopic (exact) mass is 379 g/mol. The minimum Gasteiger partial charge on any atom is -0.485 e. The van der Waals surface area contributed by atoms with Crippen LogP contribution in [0.3, 0.4) is 0 Å². The SMILES string of the molecule is Cc1ccc2c(c1)c(=O)n(C)c1nnc(COc3cccc([N+](=O)[O-])c3C)n21. The number of ether oxygens (including phenoxy) is 1. The molecule has 4 aromatic rings. The van der Waals surface area contributed by atoms with E-state index in [1.807, 2.05) is 25.1 Å². The molecule has 142 valence electrons. The van der Waals surface area contributed by atoms with Crippen LogP contribution in [0.2, 0.25) is 0 Å². The Morgan fingerprint density at radius 2 is 1.96 bits per heavy atom. The van der Waals surface area contributed by atoms with E-state index in [2.05, 4.69) is 10.2 Å². The quantitative estimate of drug-likeness (QED) is 0.399. The summed E-state index contributed by atoms with van der Waals surface area (Å²) in [4.78, 5) is 23.3. The summed E-state index contributed by atoms with van der Waals surface area (Å²) in [5.74, 6) is 1.29. The number of rotatable bonds is 4. The van der Waals surface area contributed by atoms with Crippen molar-refractivity contribution < 1.29 is 9.66 Å². The van der Waals surface area contributed by atoms with E-state index < -0.39 is 4.92 Å². The second-order valence-corrected chi connectivity index (χ2v) is 6.58. The molecule has 2 heterocycles. The summed E-state index contributed by atoms with van der Waals surface area (Å²) in [5.41, 5.74) is 1.94. The summed E-state index contributed by atoms with van der Waals surface area (Å²) in [6.07, 6.45) is 0. The van der Waals surface area contributed by atoms with Crippen molar-refractivity contribution >= 4 is 22.4 Å². The van der Waals surface area contributed by atoms with Crippen LogP contribution in [0.1, 0.15) is 17.0 Å². The number of fused-ring (bicyclic) bond motifs is 3. The van der Waals surface area contributed by atoms with Crippen LogP contribution in [-0.4, -0.2) is 24.1 Å². The molecule has 2 aromatic carbocycles. The van der Waals surface area contributed by atoms with Crippen molar-refractivity contribution in [2.75, 3.05) is 0 Å². The van der Waals surface area contributed by atoms with E-state index in [1.165, 1.54) is 10.6 Å². The number of aromatic nitrogens is 4. The zero-order chi connectivity index (χ0) is 20.0. The first kappa shape index (κ1) is 17.7. The lowest BCUT2D eigenvalue weighted by atomic mass is 10.1. The number of aryl methyl sites for hydroxylation is 2. The maximum Gasteiger partial charge on any atom is 0.276 e. The number of hydrogen-bond donors (Lipinski definition) is 0. The first-order valence-electron chi connectivity index (χ1n) is 8.58. The Labute approximate surface area is 159 Å². The van der Waals surface area contributed by atoms with Gasteiger partial charge in [-0.2, -0.15) is 0 Å². The summed E-state index contributed by atoms with van der Waals surface area (Å²) in [5, 5.41) is 20.0. The molecule has 0 amide bonds. The highest BCUT2D eigenvalue weighted by atomic mass is 16.6. The smallest absolute Gasteiger partial charge is 0.276 e. The van der Waals surface area contributed by atoms with E-state index in [1.54, 1.807) is 30.5 Å². The van der Waals surface area contributed by atoms with Crippen LogP contribution in [0.5, 0.6) is 5.75 Å². The zero-order valence-corrected chi connectivity index (χ0v) is 15.5. The third-order valence-electron chi connectivity index (χ3n) is 4.75. The Kier molecular flexibility index (Phi) is 4.07. The van der Waals surface area contributed by atoms with Crippen LogP contribution in [0.25, 0.3) is 16.7 Å². The first-order chi connectivity index (χ1) is 13.4. The molecule has 0 aliphatic carbocycles. The summed E-state index contributed by atoms with van der Waals surface area (Å²) < 4.78 is 9.02. The number of nitrogens with zero attached hydrogens (tertiary/aromatic N) is 5. The Balaban J connectivity index is 1.81. The molecular weight excluding hydrogens is 362 g/mol. The molecule has 0 unspecified atom stereocenters. The molecule has 4 rings (SSSR count). The van der Waals surface area contributed by atoms with Crippen LogP contribution in [0.15, 0.2) is 41.2 Å². The molecule has 9 nitrogen and oxygen atoms in total. The van der Waals surface area contributed by atoms with Crippen LogP contribution in [0.4, 0.5) is 5.69 Å². The molecule has 28 heavy (non-hydrogen) atoms. The van der Waals surface area contributed by atoms with Gasteiger partial charge < -0.3 is 4.74 Å². The predicted molar refractivity (Wildman–Crippen MR) is 103 cm³/mol. The van der Waals surface area contributed by atoms with E-state index in [-0.39, 0.29) is 17.9 Å². The molecule has 9 heteroatoms. The second-order valence-electron chi connectivity index (χ2n) is 6.58. The Bertz CT molecular complexity index is 1310. The third kappa shape index (κ3) is 2.68. The molecule has 0 aliphatic heterocycles. The zero-order valence-electron chi connectivity index (χ0n) is 15.5. The van der Waals surface area contributed by atoms with Gasteiger partial charge in [-0.1, -0.05) is 17.7 Å². The fourth-order valence-corrected chi connectivity index (χ4v) is 3.25. The van der Waals surface area contributed by atoms with Crippen LogP contribution >= 0.6 is 0 Å². The van der Waals surface area contributed by atoms with Gasteiger partial charge >= 0.3 is 0 Å². The minimum atomic E-state index is -0.444. The fraction of sp³-hybridized carbons (Fsp3) is 0.211. The standard InChI is InChI=1S/C19H17N5O4/c1-11-7-8-15-13(9-11)18(25)22(3)19-21-20-17(23(15)19)10-28-16-6-4-5-14(12(16)2)24(26)27/h4-9H,10H2,1-3H3. The van der Waals surface area contributed by atoms with Crippen molar-refractivity contribution in [2.45, 2.75) is 20.5 Å². The molecule has 0 radical (unpaired) electrons. The van der Waals surface area contributed by atoms with Gasteiger partial charge in [0.2, 0.25) is 5.78 Å². The van der Waals surface area contributed by atoms with Crippen molar-refractivity contribution in [2.24, 2.45) is 7.05 Å². The number of nitro groups is 1. The van der Waals surface area contributed by atoms with E-state index in [0.29, 0.717) is 33.8 Å². The summed E-state index contributed by atoms with van der Waals surface area (Å²) in [7, 11) is 1.64. The second kappa shape index (κ2) is 6.45. The Morgan fingerprint density at radius 3 is 2.71 bits per heavy atom. The molecule has 0 aliphatic rings. The summed E-state index contributed by atoms with van der Waals surface area (Å²) in [6.45, 7) is 3.60. The molecular formula is C19H17N5O4. The predicted octanol–water partition coefficient (Wildman–Crippen LogP) is 2.69. The number of hydrogen-bond acceptors (Lipinski definition) is 6. The first-order valence-corrected chi connectivity index (χ1v) is 8.58. The van der Waals surface area contributed by atoms with Crippen molar-refractivity contribution in [1.82, 2.24) is 19.2 Å². The van der Waals surface area contributed by atoms with Crippen molar-refractivity contribution in [3.8, 4) is 5.75 Å². The Morgan fingerprint density at radius 1 is 1.18 bits per heavy atom. The maximum atomic E-state index is 12.6. The highest BCUT2D eigenvalue weighted by Crippen LogP contribution is 2.27. The molecule has 0 N–H and O–H groups in total. The molecule has 0 atom stereocenters. The molecule has 0 bridgehead atoms. The topological polar surface area (TPSA) is 105 Å². The lowest BCUT2D eigenvalue weighted by Crippen LogP contribution is -2.20. The molecule has 2 aromatic heterocycles. The lowest BCUT2D eigenvalue weighted by molar-refractivity contribution is -0.385. The molecule has 0 saturated heterocycles. The van der Waals surface area contributed by atoms with E-state index in [0.717, 1.165) is 5.56 Å². The highest BCUT2D eigenvalue weighted by molar-refractivity contribution is 5.81. The van der Waals surface area contributed by atoms with Gasteiger partial charge in [0.25, 0.3) is 11.2 Å². The van der Waals surface area contributed by atoms with Crippen molar-refractivity contribution in [1.29, 1.82) is 0 Å². The molecule has 0 fully saturated rings. The van der Waals surface area contributed by atoms with Crippen molar-refractivity contribution in [3.63, 3.8) is 0 Å². The van der Waals surface area contributed by atoms with Crippen LogP contribution in [-0.2, 0) is 13.7 Å². The van der Waals surface area contributed by atoms with Gasteiger partial charge in [-0.05, 0) is 32.0 Å². The number of nitro benzene ring substituents is 1. The van der Waals surface area contributed by atoms with Gasteiger partial charge in [-0.25, -0.2) is 0 Å². The third-order valence-corrected chi connectivity index (χ3v) is 4.75. The lowest BCUT2D eigenvalue weighted by Gasteiger charge is -2.10. The van der Waals surface area contributed by atoms with E-state index >= 15 is 0 Å². The summed E-state index contributed by atoms with van der Waals surface area (Å²) >= 11 is 0. The van der Waals surface area contributed by atoms with Gasteiger partial charge in [-0.15, -0.1) is 10.2 Å². The van der Waals surface area contributed by atoms with Gasteiger partial charge in [-0.3, -0.25) is 23.9 Å². The van der Waals surface area contributed by atoms with Crippen LogP contribution in [0, 0.1) is 24.0 Å². The van der Waals surface area contributed by atoms with Gasteiger partial charge in [0, 0.05) is 13.1 Å². The Hall–Kier alpha value is -3.75. The van der Waals surface area contributed by atoms with E-state index in [9.17, 15) is 14.9 Å². The van der Waals surface area contributed by atoms with E-state index in [4.69, 9.17) is 4.74 Å². The van der Waals surface area contributed by atoms with Gasteiger partial charge in [0.1, 0.15) is 12.4 Å². The largest absolute Gasteiger partial charge is 0.485 e. The highest BCUT2D eigenvalue weighted by Gasteiger charge is 2.17. The minimum absolute atomic E-state index is 0.00748. The number of benzene rings is 2. The average Bonchev–Trinajstić information content (AvgIpc) is 3.09.